The van der Waals surface area contributed by atoms with Gasteiger partial charge in [0.25, 0.3) is 0 Å². The first-order valence-corrected chi connectivity index (χ1v) is 10.4. The summed E-state index contributed by atoms with van der Waals surface area (Å²) in [6.45, 7) is 11.3. The molecule has 0 aliphatic rings. The summed E-state index contributed by atoms with van der Waals surface area (Å²) in [5, 5.41) is 3.26. The second-order valence-corrected chi connectivity index (χ2v) is 7.43. The lowest BCUT2D eigenvalue weighted by molar-refractivity contribution is 0.561. The van der Waals surface area contributed by atoms with E-state index in [1.165, 1.54) is 17.7 Å². The van der Waals surface area contributed by atoms with Crippen molar-refractivity contribution in [3.63, 3.8) is 0 Å². The molecule has 0 aliphatic heterocycles. The number of allylic oxidation sites excluding steroid dienone is 7. The van der Waals surface area contributed by atoms with Crippen LogP contribution in [0, 0.1) is 5.82 Å². The van der Waals surface area contributed by atoms with Gasteiger partial charge in [0.1, 0.15) is 12.5 Å². The van der Waals surface area contributed by atoms with E-state index in [1.54, 1.807) is 24.3 Å². The highest BCUT2D eigenvalue weighted by Gasteiger charge is 2.12. The first kappa shape index (κ1) is 24.1. The zero-order chi connectivity index (χ0) is 22.8. The Morgan fingerprint density at radius 1 is 1.13 bits per heavy atom. The van der Waals surface area contributed by atoms with E-state index in [1.807, 2.05) is 27.0 Å². The van der Waals surface area contributed by atoms with Crippen molar-refractivity contribution in [2.45, 2.75) is 26.7 Å². The number of aryl methyl sites for hydroxylation is 1. The van der Waals surface area contributed by atoms with Crippen LogP contribution in [0.25, 0.3) is 11.6 Å². The number of halogens is 2. The molecule has 0 unspecified atom stereocenters. The molecule has 162 valence electrons. The number of hydrogen-bond acceptors (Lipinski definition) is 1. The topological polar surface area (TPSA) is 12.0 Å². The van der Waals surface area contributed by atoms with Crippen LogP contribution in [-0.4, -0.2) is 13.7 Å². The lowest BCUT2D eigenvalue weighted by Gasteiger charge is -2.16. The van der Waals surface area contributed by atoms with Crippen molar-refractivity contribution in [2.24, 2.45) is 0 Å². The largest absolute Gasteiger partial charge is 0.388 e. The first-order valence-electron chi connectivity index (χ1n) is 10.4. The molecule has 0 atom stereocenters. The molecule has 0 saturated carbocycles. The highest BCUT2D eigenvalue weighted by atomic mass is 19.1. The van der Waals surface area contributed by atoms with Gasteiger partial charge in [-0.05, 0) is 77.4 Å². The number of benzene rings is 2. The molecule has 0 aliphatic carbocycles. The summed E-state index contributed by atoms with van der Waals surface area (Å²) in [5.41, 5.74) is 7.78. The van der Waals surface area contributed by atoms with Crippen LogP contribution in [0.15, 0.2) is 85.0 Å². The van der Waals surface area contributed by atoms with E-state index < -0.39 is 6.67 Å². The van der Waals surface area contributed by atoms with E-state index in [4.69, 9.17) is 0 Å². The number of rotatable bonds is 10. The molecular weight excluding hydrogens is 388 g/mol. The first-order chi connectivity index (χ1) is 14.9. The average Bonchev–Trinajstić information content (AvgIpc) is 2.75. The zero-order valence-electron chi connectivity index (χ0n) is 18.6. The van der Waals surface area contributed by atoms with E-state index >= 15 is 0 Å². The van der Waals surface area contributed by atoms with Gasteiger partial charge in [0.2, 0.25) is 0 Å². The molecule has 0 fully saturated rings. The Balaban J connectivity index is 2.72. The molecule has 0 spiro atoms. The van der Waals surface area contributed by atoms with Gasteiger partial charge in [-0.25, -0.2) is 8.78 Å². The van der Waals surface area contributed by atoms with Gasteiger partial charge < -0.3 is 5.32 Å². The molecule has 3 heteroatoms. The molecule has 2 rings (SSSR count). The minimum absolute atomic E-state index is 0.268. The highest BCUT2D eigenvalue weighted by molar-refractivity contribution is 5.94. The second-order valence-electron chi connectivity index (χ2n) is 7.43. The van der Waals surface area contributed by atoms with Crippen molar-refractivity contribution in [2.75, 3.05) is 19.0 Å². The predicted octanol–water partition coefficient (Wildman–Crippen LogP) is 7.73. The number of nitrogens with one attached hydrogen (secondary N) is 1. The number of hydrogen-bond donors (Lipinski definition) is 1. The standard InChI is InChI=1S/C28H31F2N/c1-6-9-23(10-8-15-29)27(26-14-13-25(30)19-22(26)7-2)17-21-11-12-24(16-20(3)4)28(18-21)31-5/h6,8-14,17-19,31H,1,3,7,15-16H2,2,4-5H3/b10-8-,23-9+,27-17+. The molecule has 1 nitrogen and oxygen atoms in total. The maximum absolute atomic E-state index is 13.9. The molecule has 1 N–H and O–H groups in total. The minimum Gasteiger partial charge on any atom is -0.388 e. The van der Waals surface area contributed by atoms with Crippen molar-refractivity contribution in [1.82, 2.24) is 0 Å². The third kappa shape index (κ3) is 6.65. The molecule has 0 aromatic heterocycles. The zero-order valence-corrected chi connectivity index (χ0v) is 18.6. The predicted molar refractivity (Wildman–Crippen MR) is 132 cm³/mol. The van der Waals surface area contributed by atoms with Crippen LogP contribution in [0.3, 0.4) is 0 Å². The third-order valence-electron chi connectivity index (χ3n) is 4.94. The molecule has 0 radical (unpaired) electrons. The fourth-order valence-electron chi connectivity index (χ4n) is 3.53. The molecule has 0 heterocycles. The summed E-state index contributed by atoms with van der Waals surface area (Å²) >= 11 is 0. The van der Waals surface area contributed by atoms with E-state index in [0.717, 1.165) is 45.5 Å². The molecule has 0 bridgehead atoms. The second kappa shape index (κ2) is 11.8. The van der Waals surface area contributed by atoms with Gasteiger partial charge in [-0.15, -0.1) is 0 Å². The maximum atomic E-state index is 13.9. The Morgan fingerprint density at radius 3 is 2.52 bits per heavy atom. The van der Waals surface area contributed by atoms with Gasteiger partial charge in [0, 0.05) is 12.7 Å². The van der Waals surface area contributed by atoms with Gasteiger partial charge in [-0.2, -0.15) is 0 Å². The van der Waals surface area contributed by atoms with Crippen LogP contribution >= 0.6 is 0 Å². The Hall–Kier alpha value is -3.20. The summed E-state index contributed by atoms with van der Waals surface area (Å²) in [6.07, 6.45) is 10.3. The molecule has 31 heavy (non-hydrogen) atoms. The summed E-state index contributed by atoms with van der Waals surface area (Å²) < 4.78 is 26.8. The molecule has 2 aromatic rings. The Kier molecular flexibility index (Phi) is 9.20. The van der Waals surface area contributed by atoms with Gasteiger partial charge in [0.05, 0.1) is 0 Å². The smallest absolute Gasteiger partial charge is 0.123 e. The number of alkyl halides is 1. The SMILES string of the molecule is C=C/C=C(\C=C/CF)C(=C\c1ccc(CC(=C)C)c(NC)c1)/c1ccc(F)cc1CC. The monoisotopic (exact) mass is 419 g/mol. The summed E-state index contributed by atoms with van der Waals surface area (Å²) in [7, 11) is 1.90. The van der Waals surface area contributed by atoms with E-state index in [-0.39, 0.29) is 5.82 Å². The van der Waals surface area contributed by atoms with E-state index in [9.17, 15) is 8.78 Å². The van der Waals surface area contributed by atoms with Crippen molar-refractivity contribution < 1.29 is 8.78 Å². The Morgan fingerprint density at radius 2 is 1.90 bits per heavy atom. The van der Waals surface area contributed by atoms with Crippen LogP contribution < -0.4 is 5.32 Å². The summed E-state index contributed by atoms with van der Waals surface area (Å²) in [5.74, 6) is -0.268. The van der Waals surface area contributed by atoms with Crippen LogP contribution in [0.1, 0.15) is 36.1 Å². The van der Waals surface area contributed by atoms with Crippen molar-refractivity contribution in [3.8, 4) is 0 Å². The summed E-state index contributed by atoms with van der Waals surface area (Å²) in [4.78, 5) is 0. The van der Waals surface area contributed by atoms with Crippen LogP contribution in [0.4, 0.5) is 14.5 Å². The third-order valence-corrected chi connectivity index (χ3v) is 4.94. The minimum atomic E-state index is -0.564. The Labute approximate surface area is 185 Å². The normalized spacial score (nSPS) is 12.3. The van der Waals surface area contributed by atoms with E-state index in [0.29, 0.717) is 6.42 Å². The molecule has 2 aromatic carbocycles. The van der Waals surface area contributed by atoms with Crippen molar-refractivity contribution >= 4 is 17.3 Å². The van der Waals surface area contributed by atoms with E-state index in [2.05, 4.69) is 42.7 Å². The van der Waals surface area contributed by atoms with Gasteiger partial charge in [-0.3, -0.25) is 0 Å². The van der Waals surface area contributed by atoms with Crippen LogP contribution in [0.2, 0.25) is 0 Å². The fraction of sp³-hybridized carbons (Fsp3) is 0.214. The maximum Gasteiger partial charge on any atom is 0.123 e. The van der Waals surface area contributed by atoms with Crippen LogP contribution in [-0.2, 0) is 12.8 Å². The highest BCUT2D eigenvalue weighted by Crippen LogP contribution is 2.32. The van der Waals surface area contributed by atoms with Gasteiger partial charge in [-0.1, -0.05) is 68.2 Å². The molecule has 0 saturated heterocycles. The van der Waals surface area contributed by atoms with Crippen LogP contribution in [0.5, 0.6) is 0 Å². The van der Waals surface area contributed by atoms with Crippen molar-refractivity contribution in [3.05, 3.63) is 113 Å². The lowest BCUT2D eigenvalue weighted by atomic mass is 9.90. The molecule has 0 amide bonds. The Bertz CT molecular complexity index is 1030. The number of anilines is 1. The lowest BCUT2D eigenvalue weighted by Crippen LogP contribution is -1.98. The van der Waals surface area contributed by atoms with Gasteiger partial charge >= 0.3 is 0 Å². The fourth-order valence-corrected chi connectivity index (χ4v) is 3.53. The summed E-state index contributed by atoms with van der Waals surface area (Å²) in [6, 6.07) is 11.0. The van der Waals surface area contributed by atoms with Crippen molar-refractivity contribution in [1.29, 1.82) is 0 Å². The molecular formula is C28H31F2N. The van der Waals surface area contributed by atoms with Gasteiger partial charge in [0.15, 0.2) is 0 Å². The quantitative estimate of drug-likeness (QED) is 0.236. The average molecular weight is 420 g/mol.